The Bertz CT molecular complexity index is 1090. The van der Waals surface area contributed by atoms with Crippen molar-refractivity contribution < 1.29 is 18.6 Å². The zero-order valence-corrected chi connectivity index (χ0v) is 20.1. The summed E-state index contributed by atoms with van der Waals surface area (Å²) in [4.78, 5) is 12.8. The van der Waals surface area contributed by atoms with Gasteiger partial charge in [0.2, 0.25) is 5.88 Å². The lowest BCUT2D eigenvalue weighted by Gasteiger charge is -2.45. The van der Waals surface area contributed by atoms with Crippen molar-refractivity contribution >= 4 is 5.82 Å². The van der Waals surface area contributed by atoms with Gasteiger partial charge in [0, 0.05) is 49.9 Å². The Hall–Kier alpha value is -3.11. The Morgan fingerprint density at radius 1 is 1.14 bits per heavy atom. The van der Waals surface area contributed by atoms with E-state index < -0.39 is 23.3 Å². The summed E-state index contributed by atoms with van der Waals surface area (Å²) >= 11 is 0. The minimum Gasteiger partial charge on any atom is -0.478 e. The molecule has 1 N–H and O–H groups in total. The number of ether oxygens (including phenoxy) is 1. The van der Waals surface area contributed by atoms with Crippen LogP contribution in [0.3, 0.4) is 0 Å². The molecule has 2 atom stereocenters. The van der Waals surface area contributed by atoms with Crippen molar-refractivity contribution in [3.8, 4) is 5.88 Å². The maximum absolute atomic E-state index is 14.8. The minimum atomic E-state index is -1.65. The number of rotatable bonds is 10. The Labute approximate surface area is 204 Å². The summed E-state index contributed by atoms with van der Waals surface area (Å²) in [5.41, 5.74) is -1.62. The zero-order valence-electron chi connectivity index (χ0n) is 20.1. The standard InChI is InChI=1S/C25H32F2N6O2/c1-3-4-14-35-24-7-5-6-23(30-24)32-12-10-31(11-13-32)19(2)25(34,16-33-18-28-17-29-33)21-9-8-20(26)15-22(21)27/h5-9,15,17-19,34H,3-4,10-14,16H2,1-2H3. The van der Waals surface area contributed by atoms with Gasteiger partial charge in [-0.15, -0.1) is 0 Å². The van der Waals surface area contributed by atoms with Crippen LogP contribution >= 0.6 is 0 Å². The van der Waals surface area contributed by atoms with E-state index in [1.165, 1.54) is 23.4 Å². The molecule has 0 radical (unpaired) electrons. The van der Waals surface area contributed by atoms with Crippen molar-refractivity contribution in [2.24, 2.45) is 0 Å². The third-order valence-electron chi connectivity index (χ3n) is 6.60. The van der Waals surface area contributed by atoms with E-state index in [2.05, 4.69) is 31.8 Å². The van der Waals surface area contributed by atoms with E-state index in [0.29, 0.717) is 38.7 Å². The molecule has 10 heteroatoms. The fraction of sp³-hybridized carbons (Fsp3) is 0.480. The van der Waals surface area contributed by atoms with Crippen LogP contribution in [-0.2, 0) is 12.1 Å². The van der Waals surface area contributed by atoms with Crippen LogP contribution in [0.25, 0.3) is 0 Å². The first-order chi connectivity index (χ1) is 16.9. The van der Waals surface area contributed by atoms with Crippen molar-refractivity contribution in [1.82, 2.24) is 24.6 Å². The van der Waals surface area contributed by atoms with E-state index in [1.54, 1.807) is 0 Å². The molecule has 0 spiro atoms. The van der Waals surface area contributed by atoms with E-state index >= 15 is 0 Å². The fourth-order valence-corrected chi connectivity index (χ4v) is 4.47. The monoisotopic (exact) mass is 486 g/mol. The lowest BCUT2D eigenvalue weighted by molar-refractivity contribution is -0.0650. The molecule has 35 heavy (non-hydrogen) atoms. The van der Waals surface area contributed by atoms with Crippen LogP contribution in [-0.4, -0.2) is 68.6 Å². The van der Waals surface area contributed by atoms with Gasteiger partial charge in [0.15, 0.2) is 0 Å². The lowest BCUT2D eigenvalue weighted by Crippen LogP contribution is -2.57. The van der Waals surface area contributed by atoms with E-state index in [4.69, 9.17) is 4.74 Å². The number of hydrogen-bond acceptors (Lipinski definition) is 7. The van der Waals surface area contributed by atoms with Gasteiger partial charge >= 0.3 is 0 Å². The van der Waals surface area contributed by atoms with Crippen molar-refractivity contribution in [2.45, 2.75) is 44.9 Å². The van der Waals surface area contributed by atoms with Crippen LogP contribution in [0.4, 0.5) is 14.6 Å². The minimum absolute atomic E-state index is 0.0182. The molecule has 1 fully saturated rings. The highest BCUT2D eigenvalue weighted by atomic mass is 19.1. The maximum Gasteiger partial charge on any atom is 0.215 e. The van der Waals surface area contributed by atoms with Crippen molar-refractivity contribution in [3.63, 3.8) is 0 Å². The average Bonchev–Trinajstić information content (AvgIpc) is 3.37. The summed E-state index contributed by atoms with van der Waals surface area (Å²) in [5.74, 6) is -0.0271. The fourth-order valence-electron chi connectivity index (χ4n) is 4.47. The molecule has 8 nitrogen and oxygen atoms in total. The molecule has 1 aliphatic heterocycles. The highest BCUT2D eigenvalue weighted by Crippen LogP contribution is 2.33. The Morgan fingerprint density at radius 3 is 2.63 bits per heavy atom. The van der Waals surface area contributed by atoms with Gasteiger partial charge in [0.1, 0.15) is 35.7 Å². The SMILES string of the molecule is CCCCOc1cccc(N2CCN(C(C)C(O)(Cn3cncn3)c3ccc(F)cc3F)CC2)n1. The quantitative estimate of drug-likeness (QED) is 0.441. The number of halogens is 2. The predicted molar refractivity (Wildman–Crippen MR) is 128 cm³/mol. The van der Waals surface area contributed by atoms with Crippen molar-refractivity contribution in [2.75, 3.05) is 37.7 Å². The second-order valence-corrected chi connectivity index (χ2v) is 8.88. The molecular weight excluding hydrogens is 454 g/mol. The summed E-state index contributed by atoms with van der Waals surface area (Å²) < 4.78 is 35.7. The van der Waals surface area contributed by atoms with Gasteiger partial charge < -0.3 is 14.7 Å². The first-order valence-corrected chi connectivity index (χ1v) is 12.0. The number of piperazine rings is 1. The molecule has 3 aromatic rings. The molecule has 4 rings (SSSR count). The summed E-state index contributed by atoms with van der Waals surface area (Å²) in [5, 5.41) is 15.9. The maximum atomic E-state index is 14.8. The Morgan fingerprint density at radius 2 is 1.94 bits per heavy atom. The van der Waals surface area contributed by atoms with Gasteiger partial charge in [-0.05, 0) is 25.5 Å². The Balaban J connectivity index is 1.49. The van der Waals surface area contributed by atoms with Crippen LogP contribution < -0.4 is 9.64 Å². The third kappa shape index (κ3) is 5.76. The number of nitrogens with zero attached hydrogens (tertiary/aromatic N) is 6. The molecular formula is C25H32F2N6O2. The number of aliphatic hydroxyl groups is 1. The van der Waals surface area contributed by atoms with Gasteiger partial charge in [-0.2, -0.15) is 10.1 Å². The zero-order chi connectivity index (χ0) is 24.8. The van der Waals surface area contributed by atoms with Crippen LogP contribution in [0.5, 0.6) is 5.88 Å². The number of anilines is 1. The molecule has 0 bridgehead atoms. The van der Waals surface area contributed by atoms with Crippen molar-refractivity contribution in [3.05, 3.63) is 66.3 Å². The first kappa shape index (κ1) is 25.0. The van der Waals surface area contributed by atoms with Gasteiger partial charge in [-0.1, -0.05) is 25.5 Å². The first-order valence-electron chi connectivity index (χ1n) is 12.0. The highest BCUT2D eigenvalue weighted by Gasteiger charge is 2.42. The number of hydrogen-bond donors (Lipinski definition) is 1. The topological polar surface area (TPSA) is 79.5 Å². The second-order valence-electron chi connectivity index (χ2n) is 8.88. The molecule has 3 heterocycles. The van der Waals surface area contributed by atoms with E-state index in [1.807, 2.05) is 25.1 Å². The van der Waals surface area contributed by atoms with E-state index in [-0.39, 0.29) is 12.1 Å². The highest BCUT2D eigenvalue weighted by molar-refractivity contribution is 5.41. The van der Waals surface area contributed by atoms with Gasteiger partial charge in [-0.25, -0.2) is 18.4 Å². The largest absolute Gasteiger partial charge is 0.478 e. The molecule has 1 aliphatic rings. The normalized spacial score (nSPS) is 17.2. The van der Waals surface area contributed by atoms with Crippen LogP contribution in [0.15, 0.2) is 49.1 Å². The number of pyridine rings is 1. The smallest absolute Gasteiger partial charge is 0.215 e. The number of benzene rings is 1. The summed E-state index contributed by atoms with van der Waals surface area (Å²) in [6, 6.07) is 8.55. The van der Waals surface area contributed by atoms with Crippen LogP contribution in [0, 0.1) is 11.6 Å². The predicted octanol–water partition coefficient (Wildman–Crippen LogP) is 3.23. The number of aromatic nitrogens is 4. The molecule has 2 aromatic heterocycles. The number of unbranched alkanes of at least 4 members (excludes halogenated alkanes) is 1. The lowest BCUT2D eigenvalue weighted by atomic mass is 9.85. The van der Waals surface area contributed by atoms with Crippen LogP contribution in [0.2, 0.25) is 0 Å². The molecule has 1 saturated heterocycles. The molecule has 0 amide bonds. The van der Waals surface area contributed by atoms with E-state index in [9.17, 15) is 13.9 Å². The third-order valence-corrected chi connectivity index (χ3v) is 6.60. The van der Waals surface area contributed by atoms with Gasteiger partial charge in [0.25, 0.3) is 0 Å². The Kier molecular flexibility index (Phi) is 7.92. The molecule has 0 aliphatic carbocycles. The summed E-state index contributed by atoms with van der Waals surface area (Å²) in [7, 11) is 0. The van der Waals surface area contributed by atoms with Crippen LogP contribution in [0.1, 0.15) is 32.3 Å². The van der Waals surface area contributed by atoms with Crippen molar-refractivity contribution in [1.29, 1.82) is 0 Å². The summed E-state index contributed by atoms with van der Waals surface area (Å²) in [6.45, 7) is 7.22. The molecule has 2 unspecified atom stereocenters. The second kappa shape index (κ2) is 11.1. The molecule has 1 aromatic carbocycles. The molecule has 188 valence electrons. The van der Waals surface area contributed by atoms with E-state index in [0.717, 1.165) is 30.8 Å². The summed E-state index contributed by atoms with van der Waals surface area (Å²) in [6.07, 6.45) is 4.87. The average molecular weight is 487 g/mol. The van der Waals surface area contributed by atoms with Gasteiger partial charge in [0.05, 0.1) is 13.2 Å². The molecule has 0 saturated carbocycles. The van der Waals surface area contributed by atoms with Gasteiger partial charge in [-0.3, -0.25) is 4.90 Å².